The first-order valence-corrected chi connectivity index (χ1v) is 10.2. The number of aromatic hydroxyl groups is 1. The van der Waals surface area contributed by atoms with E-state index >= 15 is 0 Å². The molecule has 1 atom stereocenters. The molecule has 1 aliphatic rings. The maximum atomic E-state index is 13.0. The Labute approximate surface area is 192 Å². The standard InChI is InChI=1S/C25H25N3O5/c1-14(2)17-12-16(10-11-19(17)29)28-22(25(31)33-4)21(24(30)32-3)20(18(13-26)23(28)27)15-8-6-5-7-9-15/h5-12,14,20,29H,27H2,1-4H3. The molecule has 2 aromatic rings. The summed E-state index contributed by atoms with van der Waals surface area (Å²) in [5.74, 6) is -2.55. The maximum Gasteiger partial charge on any atom is 0.355 e. The van der Waals surface area contributed by atoms with Gasteiger partial charge in [-0.1, -0.05) is 44.2 Å². The van der Waals surface area contributed by atoms with Crippen molar-refractivity contribution in [3.8, 4) is 11.8 Å². The monoisotopic (exact) mass is 447 g/mol. The molecule has 8 heteroatoms. The Morgan fingerprint density at radius 1 is 1.09 bits per heavy atom. The number of allylic oxidation sites excluding steroid dienone is 1. The Morgan fingerprint density at radius 3 is 2.27 bits per heavy atom. The summed E-state index contributed by atoms with van der Waals surface area (Å²) in [6.45, 7) is 3.80. The Balaban J connectivity index is 2.42. The van der Waals surface area contributed by atoms with Crippen LogP contribution >= 0.6 is 0 Å². The largest absolute Gasteiger partial charge is 0.508 e. The second-order valence-electron chi connectivity index (χ2n) is 7.73. The van der Waals surface area contributed by atoms with Crippen LogP contribution in [0.3, 0.4) is 0 Å². The van der Waals surface area contributed by atoms with Crippen molar-refractivity contribution in [1.82, 2.24) is 0 Å². The first kappa shape index (κ1) is 23.4. The lowest BCUT2D eigenvalue weighted by atomic mass is 9.81. The SMILES string of the molecule is COC(=O)C1=C(C(=O)OC)N(c2ccc(O)c(C(C)C)c2)C(N)=C(C#N)C1c1ccccc1. The Bertz CT molecular complexity index is 1190. The van der Waals surface area contributed by atoms with Gasteiger partial charge in [-0.15, -0.1) is 0 Å². The van der Waals surface area contributed by atoms with Gasteiger partial charge < -0.3 is 20.3 Å². The Hall–Kier alpha value is -4.25. The molecule has 170 valence electrons. The molecule has 3 N–H and O–H groups in total. The van der Waals surface area contributed by atoms with Gasteiger partial charge in [-0.25, -0.2) is 9.59 Å². The number of benzene rings is 2. The van der Waals surface area contributed by atoms with Crippen molar-refractivity contribution >= 4 is 17.6 Å². The number of rotatable bonds is 5. The normalized spacial score (nSPS) is 16.0. The lowest BCUT2D eigenvalue weighted by Crippen LogP contribution is -2.40. The number of nitriles is 1. The van der Waals surface area contributed by atoms with Crippen LogP contribution in [0.2, 0.25) is 0 Å². The minimum Gasteiger partial charge on any atom is -0.508 e. The van der Waals surface area contributed by atoms with Crippen molar-refractivity contribution in [3.05, 3.63) is 82.3 Å². The molecule has 0 bridgehead atoms. The van der Waals surface area contributed by atoms with Gasteiger partial charge in [0.25, 0.3) is 0 Å². The Kier molecular flexibility index (Phi) is 6.73. The zero-order chi connectivity index (χ0) is 24.3. The molecular weight excluding hydrogens is 422 g/mol. The van der Waals surface area contributed by atoms with Crippen molar-refractivity contribution < 1.29 is 24.2 Å². The van der Waals surface area contributed by atoms with Crippen LogP contribution in [0.25, 0.3) is 0 Å². The molecule has 3 rings (SSSR count). The van der Waals surface area contributed by atoms with Crippen LogP contribution in [0.4, 0.5) is 5.69 Å². The predicted octanol–water partition coefficient (Wildman–Crippen LogP) is 3.41. The number of ether oxygens (including phenoxy) is 2. The third-order valence-corrected chi connectivity index (χ3v) is 5.50. The fourth-order valence-electron chi connectivity index (χ4n) is 3.92. The highest BCUT2D eigenvalue weighted by molar-refractivity contribution is 6.06. The van der Waals surface area contributed by atoms with E-state index in [0.717, 1.165) is 0 Å². The summed E-state index contributed by atoms with van der Waals surface area (Å²) in [7, 11) is 2.39. The number of esters is 2. The molecule has 1 heterocycles. The van der Waals surface area contributed by atoms with E-state index in [1.165, 1.54) is 25.2 Å². The lowest BCUT2D eigenvalue weighted by Gasteiger charge is -2.36. The molecule has 2 aromatic carbocycles. The molecule has 0 saturated heterocycles. The molecule has 0 aliphatic carbocycles. The van der Waals surface area contributed by atoms with Crippen LogP contribution in [-0.4, -0.2) is 31.3 Å². The van der Waals surface area contributed by atoms with E-state index in [0.29, 0.717) is 16.8 Å². The van der Waals surface area contributed by atoms with Gasteiger partial charge >= 0.3 is 11.9 Å². The number of phenolic OH excluding ortho intramolecular Hbond substituents is 1. The van der Waals surface area contributed by atoms with Crippen molar-refractivity contribution in [2.24, 2.45) is 5.73 Å². The van der Waals surface area contributed by atoms with E-state index < -0.39 is 17.9 Å². The average Bonchev–Trinajstić information content (AvgIpc) is 2.83. The van der Waals surface area contributed by atoms with Gasteiger partial charge in [-0.05, 0) is 35.2 Å². The van der Waals surface area contributed by atoms with Gasteiger partial charge in [0, 0.05) is 5.69 Å². The van der Waals surface area contributed by atoms with E-state index in [1.54, 1.807) is 42.5 Å². The summed E-state index contributed by atoms with van der Waals surface area (Å²) < 4.78 is 10.0. The van der Waals surface area contributed by atoms with Crippen LogP contribution in [0.15, 0.2) is 71.2 Å². The molecule has 1 aliphatic heterocycles. The number of nitrogens with two attached hydrogens (primary N) is 1. The van der Waals surface area contributed by atoms with Crippen LogP contribution in [-0.2, 0) is 19.1 Å². The van der Waals surface area contributed by atoms with Gasteiger partial charge in [0.05, 0.1) is 37.4 Å². The van der Waals surface area contributed by atoms with E-state index in [-0.39, 0.29) is 34.3 Å². The van der Waals surface area contributed by atoms with Crippen molar-refractivity contribution in [3.63, 3.8) is 0 Å². The van der Waals surface area contributed by atoms with Gasteiger partial charge in [0.1, 0.15) is 17.3 Å². The summed E-state index contributed by atoms with van der Waals surface area (Å²) in [5, 5.41) is 20.3. The average molecular weight is 447 g/mol. The van der Waals surface area contributed by atoms with Crippen molar-refractivity contribution in [2.45, 2.75) is 25.7 Å². The van der Waals surface area contributed by atoms with Crippen LogP contribution in [0, 0.1) is 11.3 Å². The minimum atomic E-state index is -0.935. The fraction of sp³-hybridized carbons (Fsp3) is 0.240. The predicted molar refractivity (Wildman–Crippen MR) is 122 cm³/mol. The highest BCUT2D eigenvalue weighted by Crippen LogP contribution is 2.44. The third-order valence-electron chi connectivity index (χ3n) is 5.50. The topological polar surface area (TPSA) is 126 Å². The number of phenols is 1. The Morgan fingerprint density at radius 2 is 1.73 bits per heavy atom. The zero-order valence-electron chi connectivity index (χ0n) is 18.8. The molecule has 33 heavy (non-hydrogen) atoms. The third kappa shape index (κ3) is 4.13. The number of carbonyl (C=O) groups excluding carboxylic acids is 2. The summed E-state index contributed by atoms with van der Waals surface area (Å²) in [6.07, 6.45) is 0. The highest BCUT2D eigenvalue weighted by Gasteiger charge is 2.43. The van der Waals surface area contributed by atoms with E-state index in [4.69, 9.17) is 15.2 Å². The molecule has 8 nitrogen and oxygen atoms in total. The van der Waals surface area contributed by atoms with Gasteiger partial charge in [0.2, 0.25) is 0 Å². The summed E-state index contributed by atoms with van der Waals surface area (Å²) >= 11 is 0. The van der Waals surface area contributed by atoms with Crippen molar-refractivity contribution in [1.29, 1.82) is 5.26 Å². The van der Waals surface area contributed by atoms with Crippen LogP contribution < -0.4 is 10.6 Å². The maximum absolute atomic E-state index is 13.0. The minimum absolute atomic E-state index is 0.0280. The summed E-state index contributed by atoms with van der Waals surface area (Å²) in [5.41, 5.74) is 7.90. The zero-order valence-corrected chi connectivity index (χ0v) is 18.8. The number of hydrogen-bond acceptors (Lipinski definition) is 8. The van der Waals surface area contributed by atoms with Crippen molar-refractivity contribution in [2.75, 3.05) is 19.1 Å². The molecule has 0 aromatic heterocycles. The second kappa shape index (κ2) is 9.49. The number of hydrogen-bond donors (Lipinski definition) is 2. The lowest BCUT2D eigenvalue weighted by molar-refractivity contribution is -0.139. The molecule has 0 fully saturated rings. The molecule has 0 radical (unpaired) electrons. The first-order valence-electron chi connectivity index (χ1n) is 10.2. The summed E-state index contributed by atoms with van der Waals surface area (Å²) in [4.78, 5) is 27.4. The number of nitrogens with zero attached hydrogens (tertiary/aromatic N) is 2. The highest BCUT2D eigenvalue weighted by atomic mass is 16.5. The van der Waals surface area contributed by atoms with Crippen LogP contribution in [0.1, 0.15) is 36.8 Å². The van der Waals surface area contributed by atoms with E-state index in [2.05, 4.69) is 6.07 Å². The van der Waals surface area contributed by atoms with E-state index in [9.17, 15) is 20.0 Å². The van der Waals surface area contributed by atoms with Gasteiger partial charge in [0.15, 0.2) is 0 Å². The smallest absolute Gasteiger partial charge is 0.355 e. The van der Waals surface area contributed by atoms with Gasteiger partial charge in [-0.2, -0.15) is 5.26 Å². The number of methoxy groups -OCH3 is 2. The molecule has 0 saturated carbocycles. The first-order chi connectivity index (χ1) is 15.8. The number of anilines is 1. The second-order valence-corrected chi connectivity index (χ2v) is 7.73. The van der Waals surface area contributed by atoms with Gasteiger partial charge in [-0.3, -0.25) is 4.90 Å². The number of carbonyl (C=O) groups is 2. The van der Waals surface area contributed by atoms with Crippen LogP contribution in [0.5, 0.6) is 5.75 Å². The molecule has 0 spiro atoms. The molecule has 1 unspecified atom stereocenters. The fourth-order valence-corrected chi connectivity index (χ4v) is 3.92. The summed E-state index contributed by atoms with van der Waals surface area (Å²) in [6, 6.07) is 15.6. The molecular formula is C25H25N3O5. The van der Waals surface area contributed by atoms with E-state index in [1.807, 2.05) is 13.8 Å². The molecule has 0 amide bonds. The quantitative estimate of drug-likeness (QED) is 0.668.